The fourth-order valence-corrected chi connectivity index (χ4v) is 3.18. The number of hydrogen-bond acceptors (Lipinski definition) is 4. The third-order valence-electron chi connectivity index (χ3n) is 4.37. The fraction of sp³-hybridized carbons (Fsp3) is 0.278. The zero-order valence-corrected chi connectivity index (χ0v) is 12.9. The van der Waals surface area contributed by atoms with Crippen LogP contribution in [-0.4, -0.2) is 38.2 Å². The first-order chi connectivity index (χ1) is 11.4. The van der Waals surface area contributed by atoms with Crippen LogP contribution in [0.2, 0.25) is 0 Å². The van der Waals surface area contributed by atoms with E-state index in [0.717, 1.165) is 48.7 Å². The summed E-state index contributed by atoms with van der Waals surface area (Å²) in [5.41, 5.74) is 4.41. The van der Waals surface area contributed by atoms with Crippen LogP contribution in [0.25, 0.3) is 11.3 Å². The highest BCUT2D eigenvalue weighted by Crippen LogP contribution is 2.26. The molecule has 5 heteroatoms. The Morgan fingerprint density at radius 1 is 1.17 bits per heavy atom. The second-order valence-electron chi connectivity index (χ2n) is 6.00. The Kier molecular flexibility index (Phi) is 3.86. The Hall–Kier alpha value is -2.53. The summed E-state index contributed by atoms with van der Waals surface area (Å²) in [7, 11) is 0. The smallest absolute Gasteiger partial charge is 0.0924 e. The zero-order chi connectivity index (χ0) is 15.5. The summed E-state index contributed by atoms with van der Waals surface area (Å²) < 4.78 is 0. The number of nitrogens with one attached hydrogen (secondary N) is 1. The average Bonchev–Trinajstić information content (AvgIpc) is 3.27. The number of aromatic nitrogens is 4. The van der Waals surface area contributed by atoms with E-state index in [4.69, 9.17) is 0 Å². The fourth-order valence-electron chi connectivity index (χ4n) is 3.18. The number of rotatable bonds is 4. The van der Waals surface area contributed by atoms with Crippen LogP contribution in [0, 0.1) is 0 Å². The van der Waals surface area contributed by atoms with E-state index in [1.807, 2.05) is 24.4 Å². The van der Waals surface area contributed by atoms with Gasteiger partial charge in [-0.15, -0.1) is 0 Å². The van der Waals surface area contributed by atoms with E-state index in [-0.39, 0.29) is 0 Å². The van der Waals surface area contributed by atoms with E-state index in [9.17, 15) is 0 Å². The molecule has 1 saturated heterocycles. The molecule has 0 saturated carbocycles. The lowest BCUT2D eigenvalue weighted by Crippen LogP contribution is -2.20. The normalized spacial score (nSPS) is 18.3. The Morgan fingerprint density at radius 2 is 2.09 bits per heavy atom. The minimum absolute atomic E-state index is 0.486. The molecule has 0 aliphatic carbocycles. The molecule has 4 rings (SSSR count). The lowest BCUT2D eigenvalue weighted by molar-refractivity contribution is 0.322. The minimum Gasteiger partial charge on any atom is -0.297 e. The second kappa shape index (κ2) is 6.30. The first-order valence-corrected chi connectivity index (χ1v) is 7.96. The van der Waals surface area contributed by atoms with Gasteiger partial charge in [-0.2, -0.15) is 5.10 Å². The molecule has 1 aliphatic heterocycles. The van der Waals surface area contributed by atoms with Gasteiger partial charge in [0.1, 0.15) is 0 Å². The van der Waals surface area contributed by atoms with Crippen molar-refractivity contribution in [1.29, 1.82) is 0 Å². The Labute approximate surface area is 135 Å². The lowest BCUT2D eigenvalue weighted by atomic mass is 10.1. The van der Waals surface area contributed by atoms with Gasteiger partial charge in [-0.05, 0) is 19.0 Å². The minimum atomic E-state index is 0.486. The molecular formula is C18H19N5. The summed E-state index contributed by atoms with van der Waals surface area (Å²) >= 11 is 0. The molecule has 116 valence electrons. The Balaban J connectivity index is 1.41. The van der Waals surface area contributed by atoms with Gasteiger partial charge in [-0.25, -0.2) is 0 Å². The molecule has 1 atom stereocenters. The molecule has 0 amide bonds. The van der Waals surface area contributed by atoms with Crippen molar-refractivity contribution in [2.24, 2.45) is 0 Å². The van der Waals surface area contributed by atoms with Crippen LogP contribution in [-0.2, 0) is 6.54 Å². The maximum atomic E-state index is 4.44. The van der Waals surface area contributed by atoms with E-state index >= 15 is 0 Å². The molecule has 0 bridgehead atoms. The molecule has 1 aliphatic rings. The van der Waals surface area contributed by atoms with Crippen molar-refractivity contribution in [2.45, 2.75) is 18.9 Å². The summed E-state index contributed by atoms with van der Waals surface area (Å²) in [4.78, 5) is 11.1. The van der Waals surface area contributed by atoms with Gasteiger partial charge in [0.15, 0.2) is 0 Å². The van der Waals surface area contributed by atoms with Gasteiger partial charge in [0.25, 0.3) is 0 Å². The lowest BCUT2D eigenvalue weighted by Gasteiger charge is -2.14. The van der Waals surface area contributed by atoms with Crippen molar-refractivity contribution < 1.29 is 0 Å². The molecule has 1 aromatic carbocycles. The maximum Gasteiger partial charge on any atom is 0.0924 e. The SMILES string of the molecule is c1ccc(-c2cc(CN3CCC(c4cnccn4)C3)[nH]n2)cc1. The van der Waals surface area contributed by atoms with Gasteiger partial charge < -0.3 is 0 Å². The van der Waals surface area contributed by atoms with E-state index in [1.54, 1.807) is 12.4 Å². The first-order valence-electron chi connectivity index (χ1n) is 7.96. The quantitative estimate of drug-likeness (QED) is 0.805. The van der Waals surface area contributed by atoms with Gasteiger partial charge in [0.05, 0.1) is 11.4 Å². The molecule has 5 nitrogen and oxygen atoms in total. The molecule has 1 N–H and O–H groups in total. The molecule has 3 heterocycles. The highest BCUT2D eigenvalue weighted by molar-refractivity contribution is 5.58. The van der Waals surface area contributed by atoms with Crippen molar-refractivity contribution in [1.82, 2.24) is 25.1 Å². The third kappa shape index (κ3) is 3.14. The van der Waals surface area contributed by atoms with Gasteiger partial charge in [-0.3, -0.25) is 20.0 Å². The Morgan fingerprint density at radius 3 is 2.91 bits per heavy atom. The first kappa shape index (κ1) is 14.1. The predicted octanol–water partition coefficient (Wildman–Crippen LogP) is 2.86. The summed E-state index contributed by atoms with van der Waals surface area (Å²) in [6.07, 6.45) is 6.53. The number of nitrogens with zero attached hydrogens (tertiary/aromatic N) is 4. The number of aromatic amines is 1. The van der Waals surface area contributed by atoms with E-state index < -0.39 is 0 Å². The topological polar surface area (TPSA) is 57.7 Å². The molecule has 0 radical (unpaired) electrons. The monoisotopic (exact) mass is 305 g/mol. The van der Waals surface area contributed by atoms with Crippen molar-refractivity contribution in [2.75, 3.05) is 13.1 Å². The molecule has 2 aromatic heterocycles. The van der Waals surface area contributed by atoms with Gasteiger partial charge in [0, 0.05) is 48.9 Å². The van der Waals surface area contributed by atoms with Crippen LogP contribution < -0.4 is 0 Å². The molecule has 1 fully saturated rings. The zero-order valence-electron chi connectivity index (χ0n) is 12.9. The van der Waals surface area contributed by atoms with Gasteiger partial charge in [0.2, 0.25) is 0 Å². The third-order valence-corrected chi connectivity index (χ3v) is 4.37. The van der Waals surface area contributed by atoms with E-state index in [1.165, 1.54) is 0 Å². The molecular weight excluding hydrogens is 286 g/mol. The molecule has 1 unspecified atom stereocenters. The number of benzene rings is 1. The van der Waals surface area contributed by atoms with Crippen LogP contribution in [0.4, 0.5) is 0 Å². The average molecular weight is 305 g/mol. The number of likely N-dealkylation sites (tertiary alicyclic amines) is 1. The van der Waals surface area contributed by atoms with Crippen molar-refractivity contribution in [3.05, 3.63) is 66.4 Å². The van der Waals surface area contributed by atoms with Crippen molar-refractivity contribution in [3.63, 3.8) is 0 Å². The summed E-state index contributed by atoms with van der Waals surface area (Å²) in [6, 6.07) is 12.4. The van der Waals surface area contributed by atoms with Crippen LogP contribution in [0.3, 0.4) is 0 Å². The largest absolute Gasteiger partial charge is 0.297 e. The van der Waals surface area contributed by atoms with Crippen molar-refractivity contribution >= 4 is 0 Å². The Bertz CT molecular complexity index is 753. The van der Waals surface area contributed by atoms with E-state index in [2.05, 4.69) is 43.3 Å². The summed E-state index contributed by atoms with van der Waals surface area (Å²) in [5, 5.41) is 7.60. The van der Waals surface area contributed by atoms with Crippen LogP contribution in [0.5, 0.6) is 0 Å². The standard InChI is InChI=1S/C18H19N5/c1-2-4-14(5-3-1)17-10-16(21-22-17)13-23-9-6-15(12-23)18-11-19-7-8-20-18/h1-5,7-8,10-11,15H,6,9,12-13H2,(H,21,22). The number of hydrogen-bond donors (Lipinski definition) is 1. The highest BCUT2D eigenvalue weighted by atomic mass is 15.2. The number of H-pyrrole nitrogens is 1. The van der Waals surface area contributed by atoms with Gasteiger partial charge >= 0.3 is 0 Å². The van der Waals surface area contributed by atoms with E-state index in [0.29, 0.717) is 5.92 Å². The molecule has 3 aromatic rings. The summed E-state index contributed by atoms with van der Waals surface area (Å²) in [5.74, 6) is 0.486. The predicted molar refractivity (Wildman–Crippen MR) is 88.7 cm³/mol. The van der Waals surface area contributed by atoms with Crippen LogP contribution in [0.1, 0.15) is 23.7 Å². The second-order valence-corrected chi connectivity index (χ2v) is 6.00. The highest BCUT2D eigenvalue weighted by Gasteiger charge is 2.25. The van der Waals surface area contributed by atoms with Gasteiger partial charge in [-0.1, -0.05) is 30.3 Å². The molecule has 23 heavy (non-hydrogen) atoms. The van der Waals surface area contributed by atoms with Crippen LogP contribution >= 0.6 is 0 Å². The van der Waals surface area contributed by atoms with Crippen molar-refractivity contribution in [3.8, 4) is 11.3 Å². The van der Waals surface area contributed by atoms with Crippen LogP contribution in [0.15, 0.2) is 55.0 Å². The summed E-state index contributed by atoms with van der Waals surface area (Å²) in [6.45, 7) is 3.01. The molecule has 0 spiro atoms. The maximum absolute atomic E-state index is 4.44.